The third kappa shape index (κ3) is 6.96. The molecule has 8 rings (SSSR count). The van der Waals surface area contributed by atoms with Gasteiger partial charge in [0.15, 0.2) is 22.6 Å². The normalized spacial score (nSPS) is 23.0. The Morgan fingerprint density at radius 1 is 0.766 bits per heavy atom. The topological polar surface area (TPSA) is 113 Å². The van der Waals surface area contributed by atoms with E-state index in [2.05, 4.69) is 100.0 Å². The summed E-state index contributed by atoms with van der Waals surface area (Å²) >= 11 is 12.3. The molecule has 9 nitrogen and oxygen atoms in total. The van der Waals surface area contributed by atoms with E-state index in [-0.39, 0.29) is 28.3 Å². The minimum atomic E-state index is -0.661. The molecule has 0 amide bonds. The number of likely N-dealkylation sites (tertiary alicyclic amines) is 2. The maximum Gasteiger partial charge on any atom is 0.222 e. The van der Waals surface area contributed by atoms with Crippen molar-refractivity contribution in [1.29, 1.82) is 0 Å². The number of fused-ring (bicyclic) bond motifs is 4. The smallest absolute Gasteiger partial charge is 0.222 e. The van der Waals surface area contributed by atoms with Crippen LogP contribution < -0.4 is 16.4 Å². The number of nitrogens with two attached hydrogens (primary N) is 2. The van der Waals surface area contributed by atoms with Crippen LogP contribution in [0.15, 0.2) is 57.7 Å². The molecule has 0 saturated carbocycles. The van der Waals surface area contributed by atoms with Crippen LogP contribution in [0.5, 0.6) is 0 Å². The van der Waals surface area contributed by atoms with Crippen molar-refractivity contribution in [2.75, 3.05) is 63.2 Å². The Bertz CT molecular complexity index is 1800. The predicted molar refractivity (Wildman–Crippen MR) is 189 cm³/mol. The molecule has 4 N–H and O–H groups in total. The first-order valence-electron chi connectivity index (χ1n) is 15.3. The molecule has 2 aromatic carbocycles. The van der Waals surface area contributed by atoms with E-state index < -0.39 is 11.6 Å². The van der Waals surface area contributed by atoms with Gasteiger partial charge in [-0.3, -0.25) is 0 Å². The fourth-order valence-corrected chi connectivity index (χ4v) is 8.38. The molecule has 4 aliphatic rings. The summed E-state index contributed by atoms with van der Waals surface area (Å²) in [5, 5.41) is -0.248. The number of hydrogen-bond acceptors (Lipinski definition) is 9. The number of benzene rings is 2. The summed E-state index contributed by atoms with van der Waals surface area (Å²) < 4.78 is 28.7. The molecule has 4 aromatic rings. The minimum Gasteiger partial charge on any atom is -0.368 e. The fraction of sp³-hybridized carbons (Fsp3) is 0.394. The molecule has 0 bridgehead atoms. The highest BCUT2D eigenvalue weighted by atomic mass is 79.9. The lowest BCUT2D eigenvalue weighted by Crippen LogP contribution is -2.34. The van der Waals surface area contributed by atoms with Gasteiger partial charge in [-0.05, 0) is 93.8 Å². The van der Waals surface area contributed by atoms with Crippen LogP contribution in [0.25, 0.3) is 0 Å². The third-order valence-corrected chi connectivity index (χ3v) is 10.9. The van der Waals surface area contributed by atoms with Gasteiger partial charge in [-0.25, -0.2) is 18.7 Å². The number of likely N-dealkylation sites (N-methyl/N-ethyl adjacent to an activating group) is 2. The van der Waals surface area contributed by atoms with Crippen molar-refractivity contribution in [3.05, 3.63) is 91.2 Å². The second-order valence-corrected chi connectivity index (χ2v) is 15.0. The average Bonchev–Trinajstić information content (AvgIpc) is 3.78. The maximum atomic E-state index is 14.3. The fourth-order valence-electron chi connectivity index (χ4n) is 7.49. The largest absolute Gasteiger partial charge is 0.368 e. The number of rotatable bonds is 1. The van der Waals surface area contributed by atoms with E-state index in [1.165, 1.54) is 42.4 Å². The van der Waals surface area contributed by atoms with Gasteiger partial charge in [-0.1, -0.05) is 55.6 Å². The SMILES string of the molecule is CN1CCC2(C1)CN(c1nc(N)ncc1F)c1cc(Br)ccc12.CN1CCC2(CCc3cc(Br)ccc32)C1.Nc1ncc(F)c(Cl)n1. The second-order valence-electron chi connectivity index (χ2n) is 12.9. The summed E-state index contributed by atoms with van der Waals surface area (Å²) in [4.78, 5) is 21.3. The highest BCUT2D eigenvalue weighted by Crippen LogP contribution is 2.50. The predicted octanol–water partition coefficient (Wildman–Crippen LogP) is 6.51. The summed E-state index contributed by atoms with van der Waals surface area (Å²) in [6, 6.07) is 13.1. The number of hydrogen-bond donors (Lipinski definition) is 2. The molecular weight excluding hydrogens is 756 g/mol. The molecule has 47 heavy (non-hydrogen) atoms. The lowest BCUT2D eigenvalue weighted by molar-refractivity contribution is 0.366. The number of halogens is 5. The highest BCUT2D eigenvalue weighted by Gasteiger charge is 2.47. The lowest BCUT2D eigenvalue weighted by atomic mass is 9.81. The van der Waals surface area contributed by atoms with Crippen LogP contribution in [-0.4, -0.2) is 76.6 Å². The molecule has 2 fully saturated rings. The molecule has 3 aliphatic heterocycles. The first kappa shape index (κ1) is 33.9. The molecule has 2 unspecified atom stereocenters. The summed E-state index contributed by atoms with van der Waals surface area (Å²) in [7, 11) is 4.37. The molecule has 1 aliphatic carbocycles. The molecule has 14 heteroatoms. The van der Waals surface area contributed by atoms with Crippen LogP contribution in [0.3, 0.4) is 0 Å². The van der Waals surface area contributed by atoms with E-state index in [1.54, 1.807) is 11.1 Å². The van der Waals surface area contributed by atoms with Gasteiger partial charge in [0.2, 0.25) is 11.9 Å². The van der Waals surface area contributed by atoms with Crippen molar-refractivity contribution in [3.8, 4) is 0 Å². The van der Waals surface area contributed by atoms with Crippen molar-refractivity contribution in [1.82, 2.24) is 29.7 Å². The molecular formula is C33H36Br2ClF2N9. The minimum absolute atomic E-state index is 0.0108. The van der Waals surface area contributed by atoms with Crippen molar-refractivity contribution < 1.29 is 8.78 Å². The van der Waals surface area contributed by atoms with Gasteiger partial charge in [0, 0.05) is 45.1 Å². The number of nitrogens with zero attached hydrogens (tertiary/aromatic N) is 7. The number of aryl methyl sites for hydroxylation is 1. The van der Waals surface area contributed by atoms with E-state index >= 15 is 0 Å². The van der Waals surface area contributed by atoms with E-state index in [1.807, 2.05) is 17.0 Å². The molecule has 2 aromatic heterocycles. The monoisotopic (exact) mass is 789 g/mol. The molecule has 5 heterocycles. The van der Waals surface area contributed by atoms with Crippen molar-refractivity contribution in [2.24, 2.45) is 0 Å². The summed E-state index contributed by atoms with van der Waals surface area (Å²) in [5.41, 5.74) is 16.7. The Balaban J connectivity index is 0.000000138. The molecule has 2 spiro atoms. The van der Waals surface area contributed by atoms with Crippen LogP contribution >= 0.6 is 43.5 Å². The van der Waals surface area contributed by atoms with Crippen molar-refractivity contribution in [2.45, 2.75) is 36.5 Å². The van der Waals surface area contributed by atoms with Gasteiger partial charge in [0.1, 0.15) is 0 Å². The zero-order chi connectivity index (χ0) is 33.5. The number of anilines is 4. The van der Waals surface area contributed by atoms with E-state index in [4.69, 9.17) is 23.1 Å². The molecule has 248 valence electrons. The quantitative estimate of drug-likeness (QED) is 0.209. The molecule has 2 saturated heterocycles. The average molecular weight is 792 g/mol. The van der Waals surface area contributed by atoms with Gasteiger partial charge < -0.3 is 26.2 Å². The zero-order valence-corrected chi connectivity index (χ0v) is 30.1. The zero-order valence-electron chi connectivity index (χ0n) is 26.2. The van der Waals surface area contributed by atoms with Crippen LogP contribution in [0.1, 0.15) is 36.0 Å². The first-order chi connectivity index (χ1) is 22.4. The summed E-state index contributed by atoms with van der Waals surface area (Å²) in [6.45, 7) is 5.21. The maximum absolute atomic E-state index is 14.3. The van der Waals surface area contributed by atoms with Gasteiger partial charge in [0.25, 0.3) is 0 Å². The van der Waals surface area contributed by atoms with Gasteiger partial charge in [0.05, 0.1) is 12.4 Å². The molecule has 0 radical (unpaired) electrons. The highest BCUT2D eigenvalue weighted by molar-refractivity contribution is 9.10. The van der Waals surface area contributed by atoms with E-state index in [0.29, 0.717) is 12.0 Å². The van der Waals surface area contributed by atoms with Crippen molar-refractivity contribution in [3.63, 3.8) is 0 Å². The van der Waals surface area contributed by atoms with Gasteiger partial charge in [-0.2, -0.15) is 9.97 Å². The van der Waals surface area contributed by atoms with Crippen LogP contribution in [0.2, 0.25) is 5.15 Å². The Kier molecular flexibility index (Phi) is 9.74. The number of aromatic nitrogens is 4. The Labute approximate surface area is 295 Å². The summed E-state index contributed by atoms with van der Waals surface area (Å²) in [5.74, 6) is -0.800. The Morgan fingerprint density at radius 3 is 1.98 bits per heavy atom. The van der Waals surface area contributed by atoms with E-state index in [0.717, 1.165) is 42.1 Å². The van der Waals surface area contributed by atoms with Gasteiger partial charge in [-0.15, -0.1) is 0 Å². The lowest BCUT2D eigenvalue weighted by Gasteiger charge is -2.25. The Morgan fingerprint density at radius 2 is 1.36 bits per heavy atom. The number of nitrogen functional groups attached to an aromatic ring is 2. The van der Waals surface area contributed by atoms with Crippen LogP contribution in [0.4, 0.5) is 32.2 Å². The summed E-state index contributed by atoms with van der Waals surface area (Å²) in [6.07, 6.45) is 7.08. The molecule has 2 atom stereocenters. The standard InChI is InChI=1S/C16H17BrFN5.C13H16BrN.C4H3ClFN3/c1-22-5-4-16(8-22)9-23(13-6-10(17)2-3-11(13)16)14-12(18)7-20-15(19)21-14;1-15-7-6-13(9-15)5-4-10-8-11(14)2-3-12(10)13;5-3-2(6)1-8-4(7)9-3/h2-3,6-7H,4-5,8-9H2,1H3,(H2,19,20,21);2-3,8H,4-7,9H2,1H3;1H,(H2,7,8,9). The third-order valence-electron chi connectivity index (χ3n) is 9.60. The van der Waals surface area contributed by atoms with Crippen molar-refractivity contribution >= 4 is 66.9 Å². The second kappa shape index (κ2) is 13.5. The van der Waals surface area contributed by atoms with Crippen LogP contribution in [0, 0.1) is 11.6 Å². The van der Waals surface area contributed by atoms with E-state index in [9.17, 15) is 8.78 Å². The first-order valence-corrected chi connectivity index (χ1v) is 17.3. The van der Waals surface area contributed by atoms with Gasteiger partial charge >= 0.3 is 0 Å². The van der Waals surface area contributed by atoms with Crippen LogP contribution in [-0.2, 0) is 17.3 Å². The Hall–Kier alpha value is -2.97.